The fraction of sp³-hybridized carbons (Fsp3) is 0.526. The second-order valence-electron chi connectivity index (χ2n) is 6.45. The third kappa shape index (κ3) is 6.47. The van der Waals surface area contributed by atoms with Gasteiger partial charge in [0, 0.05) is 36.8 Å². The van der Waals surface area contributed by atoms with E-state index in [4.69, 9.17) is 20.9 Å². The van der Waals surface area contributed by atoms with Gasteiger partial charge in [0.15, 0.2) is 5.96 Å². The van der Waals surface area contributed by atoms with Gasteiger partial charge in [0.25, 0.3) is 0 Å². The van der Waals surface area contributed by atoms with Gasteiger partial charge in [0.2, 0.25) is 11.7 Å². The van der Waals surface area contributed by atoms with Gasteiger partial charge in [-0.15, -0.1) is 0 Å². The van der Waals surface area contributed by atoms with Gasteiger partial charge >= 0.3 is 0 Å². The Kier molecular flexibility index (Phi) is 8.07. The monoisotopic (exact) mass is 406 g/mol. The summed E-state index contributed by atoms with van der Waals surface area (Å²) in [6.07, 6.45) is 1.05. The third-order valence-electron chi connectivity index (χ3n) is 4.31. The molecule has 0 bridgehead atoms. The number of rotatable bonds is 8. The van der Waals surface area contributed by atoms with Crippen molar-refractivity contribution in [1.82, 2.24) is 25.7 Å². The highest BCUT2D eigenvalue weighted by molar-refractivity contribution is 6.30. The van der Waals surface area contributed by atoms with Crippen molar-refractivity contribution >= 4 is 17.6 Å². The largest absolute Gasteiger partial charge is 0.379 e. The van der Waals surface area contributed by atoms with E-state index in [-0.39, 0.29) is 0 Å². The van der Waals surface area contributed by atoms with E-state index in [0.717, 1.165) is 63.9 Å². The zero-order valence-electron chi connectivity index (χ0n) is 16.2. The van der Waals surface area contributed by atoms with E-state index in [0.29, 0.717) is 23.3 Å². The van der Waals surface area contributed by atoms with Crippen molar-refractivity contribution in [3.05, 3.63) is 35.2 Å². The molecule has 9 heteroatoms. The second-order valence-corrected chi connectivity index (χ2v) is 6.89. The van der Waals surface area contributed by atoms with Crippen molar-refractivity contribution in [3.8, 4) is 11.4 Å². The number of hydrogen-bond donors (Lipinski definition) is 2. The van der Waals surface area contributed by atoms with Crippen LogP contribution in [0.25, 0.3) is 11.4 Å². The van der Waals surface area contributed by atoms with E-state index < -0.39 is 0 Å². The molecule has 0 amide bonds. The van der Waals surface area contributed by atoms with Crippen molar-refractivity contribution in [2.45, 2.75) is 19.9 Å². The van der Waals surface area contributed by atoms with Crippen LogP contribution in [0.3, 0.4) is 0 Å². The van der Waals surface area contributed by atoms with Gasteiger partial charge in [-0.2, -0.15) is 4.98 Å². The SMILES string of the molecule is CCNC(=NCc1nc(-c2cccc(Cl)c2)no1)NCCCN1CCOCC1. The Balaban J connectivity index is 1.48. The van der Waals surface area contributed by atoms with Crippen molar-refractivity contribution in [1.29, 1.82) is 0 Å². The van der Waals surface area contributed by atoms with E-state index in [2.05, 4.69) is 30.7 Å². The first-order valence-corrected chi connectivity index (χ1v) is 10.0. The second kappa shape index (κ2) is 11.0. The zero-order valence-corrected chi connectivity index (χ0v) is 16.9. The Hall–Kier alpha value is -2.16. The van der Waals surface area contributed by atoms with Gasteiger partial charge in [-0.3, -0.25) is 4.90 Å². The first-order valence-electron chi connectivity index (χ1n) is 9.65. The number of ether oxygens (including phenoxy) is 1. The Bertz CT molecular complexity index is 760. The molecule has 1 aliphatic heterocycles. The average molecular weight is 407 g/mol. The number of guanidine groups is 1. The lowest BCUT2D eigenvalue weighted by Crippen LogP contribution is -2.40. The fourth-order valence-corrected chi connectivity index (χ4v) is 3.08. The van der Waals surface area contributed by atoms with Crippen LogP contribution >= 0.6 is 11.6 Å². The molecule has 1 saturated heterocycles. The molecule has 0 saturated carbocycles. The number of halogens is 1. The molecular formula is C19H27ClN6O2. The molecule has 1 aliphatic rings. The number of hydrogen-bond acceptors (Lipinski definition) is 6. The molecule has 152 valence electrons. The minimum absolute atomic E-state index is 0.312. The number of benzene rings is 1. The number of aliphatic imine (C=N–C) groups is 1. The Morgan fingerprint density at radius 3 is 2.93 bits per heavy atom. The molecule has 28 heavy (non-hydrogen) atoms. The molecule has 0 atom stereocenters. The topological polar surface area (TPSA) is 87.8 Å². The molecular weight excluding hydrogens is 380 g/mol. The van der Waals surface area contributed by atoms with Gasteiger partial charge in [-0.05, 0) is 32.0 Å². The highest BCUT2D eigenvalue weighted by Crippen LogP contribution is 2.20. The van der Waals surface area contributed by atoms with E-state index in [1.807, 2.05) is 25.1 Å². The quantitative estimate of drug-likeness (QED) is 0.394. The number of aromatic nitrogens is 2. The Labute approximate surface area is 170 Å². The van der Waals surface area contributed by atoms with E-state index in [1.54, 1.807) is 6.07 Å². The van der Waals surface area contributed by atoms with E-state index in [1.165, 1.54) is 0 Å². The summed E-state index contributed by atoms with van der Waals surface area (Å²) in [4.78, 5) is 11.3. The third-order valence-corrected chi connectivity index (χ3v) is 4.55. The predicted molar refractivity (Wildman–Crippen MR) is 109 cm³/mol. The van der Waals surface area contributed by atoms with Crippen LogP contribution in [0.5, 0.6) is 0 Å². The molecule has 2 heterocycles. The summed E-state index contributed by atoms with van der Waals surface area (Å²) in [7, 11) is 0. The van der Waals surface area contributed by atoms with Gasteiger partial charge in [-0.25, -0.2) is 4.99 Å². The van der Waals surface area contributed by atoms with Gasteiger partial charge < -0.3 is 19.9 Å². The van der Waals surface area contributed by atoms with Crippen LogP contribution in [-0.4, -0.2) is 66.9 Å². The summed E-state index contributed by atoms with van der Waals surface area (Å²) in [6.45, 7) is 8.73. The molecule has 2 aromatic rings. The summed E-state index contributed by atoms with van der Waals surface area (Å²) in [6, 6.07) is 7.36. The lowest BCUT2D eigenvalue weighted by atomic mass is 10.2. The average Bonchev–Trinajstić information content (AvgIpc) is 3.19. The molecule has 8 nitrogen and oxygen atoms in total. The van der Waals surface area contributed by atoms with E-state index in [9.17, 15) is 0 Å². The minimum atomic E-state index is 0.312. The van der Waals surface area contributed by atoms with Crippen LogP contribution in [-0.2, 0) is 11.3 Å². The first-order chi connectivity index (χ1) is 13.7. The van der Waals surface area contributed by atoms with Crippen LogP contribution in [0.2, 0.25) is 5.02 Å². The first kappa shape index (κ1) is 20.6. The van der Waals surface area contributed by atoms with Crippen LogP contribution in [0.4, 0.5) is 0 Å². The molecule has 2 N–H and O–H groups in total. The minimum Gasteiger partial charge on any atom is -0.379 e. The summed E-state index contributed by atoms with van der Waals surface area (Å²) in [5, 5.41) is 11.2. The predicted octanol–water partition coefficient (Wildman–Crippen LogP) is 2.17. The van der Waals surface area contributed by atoms with Gasteiger partial charge in [-0.1, -0.05) is 28.9 Å². The summed E-state index contributed by atoms with van der Waals surface area (Å²) < 4.78 is 10.7. The summed E-state index contributed by atoms with van der Waals surface area (Å²) in [5.41, 5.74) is 0.819. The molecule has 0 spiro atoms. The highest BCUT2D eigenvalue weighted by Gasteiger charge is 2.10. The molecule has 3 rings (SSSR count). The summed E-state index contributed by atoms with van der Waals surface area (Å²) >= 11 is 6.02. The maximum Gasteiger partial charge on any atom is 0.248 e. The maximum atomic E-state index is 6.02. The van der Waals surface area contributed by atoms with Gasteiger partial charge in [0.1, 0.15) is 6.54 Å². The lowest BCUT2D eigenvalue weighted by molar-refractivity contribution is 0.0376. The number of nitrogens with one attached hydrogen (secondary N) is 2. The van der Waals surface area contributed by atoms with Crippen LogP contribution < -0.4 is 10.6 Å². The molecule has 1 aromatic carbocycles. The standard InChI is InChI=1S/C19H27ClN6O2/c1-2-21-19(22-7-4-8-26-9-11-27-12-10-26)23-14-17-24-18(25-28-17)15-5-3-6-16(20)13-15/h3,5-6,13H,2,4,7-12,14H2,1H3,(H2,21,22,23). The molecule has 0 radical (unpaired) electrons. The maximum absolute atomic E-state index is 6.02. The normalized spacial score (nSPS) is 15.6. The van der Waals surface area contributed by atoms with Crippen LogP contribution in [0.1, 0.15) is 19.2 Å². The van der Waals surface area contributed by atoms with Crippen molar-refractivity contribution in [3.63, 3.8) is 0 Å². The Morgan fingerprint density at radius 1 is 1.29 bits per heavy atom. The van der Waals surface area contributed by atoms with Crippen LogP contribution in [0, 0.1) is 0 Å². The molecule has 1 fully saturated rings. The molecule has 0 unspecified atom stereocenters. The zero-order chi connectivity index (χ0) is 19.6. The van der Waals surface area contributed by atoms with E-state index >= 15 is 0 Å². The fourth-order valence-electron chi connectivity index (χ4n) is 2.89. The summed E-state index contributed by atoms with van der Waals surface area (Å²) in [5.74, 6) is 1.71. The van der Waals surface area contributed by atoms with Crippen LogP contribution in [0.15, 0.2) is 33.8 Å². The Morgan fingerprint density at radius 2 is 2.14 bits per heavy atom. The number of morpholine rings is 1. The molecule has 1 aromatic heterocycles. The van der Waals surface area contributed by atoms with Crippen molar-refractivity contribution in [2.75, 3.05) is 45.9 Å². The van der Waals surface area contributed by atoms with Crippen molar-refractivity contribution in [2.24, 2.45) is 4.99 Å². The van der Waals surface area contributed by atoms with Gasteiger partial charge in [0.05, 0.1) is 13.2 Å². The number of nitrogens with zero attached hydrogens (tertiary/aromatic N) is 4. The lowest BCUT2D eigenvalue weighted by Gasteiger charge is -2.26. The van der Waals surface area contributed by atoms with Crippen molar-refractivity contribution < 1.29 is 9.26 Å². The molecule has 0 aliphatic carbocycles. The highest BCUT2D eigenvalue weighted by atomic mass is 35.5. The smallest absolute Gasteiger partial charge is 0.248 e.